The lowest BCUT2D eigenvalue weighted by Gasteiger charge is -2.29. The summed E-state index contributed by atoms with van der Waals surface area (Å²) < 4.78 is 33.8. The van der Waals surface area contributed by atoms with Crippen molar-refractivity contribution in [2.75, 3.05) is 27.0 Å². The highest BCUT2D eigenvalue weighted by Crippen LogP contribution is 2.56. The van der Waals surface area contributed by atoms with E-state index in [0.717, 1.165) is 5.57 Å². The van der Waals surface area contributed by atoms with Crippen molar-refractivity contribution >= 4 is 25.3 Å². The highest BCUT2D eigenvalue weighted by Gasteiger charge is 2.48. The van der Waals surface area contributed by atoms with Gasteiger partial charge in [0, 0.05) is 24.4 Å². The summed E-state index contributed by atoms with van der Waals surface area (Å²) in [6.07, 6.45) is 5.22. The number of benzene rings is 1. The number of carbonyl (C=O) groups excluding carboxylic acids is 2. The number of rotatable bonds is 14. The number of carboxylic acids is 1. The van der Waals surface area contributed by atoms with Crippen LogP contribution < -0.4 is 10.5 Å². The lowest BCUT2D eigenvalue weighted by atomic mass is 9.93. The number of carboxylic acid groups (broad SMARTS) is 1. The molecule has 0 saturated carbocycles. The zero-order valence-electron chi connectivity index (χ0n) is 23.2. The highest BCUT2D eigenvalue weighted by molar-refractivity contribution is 7.61. The number of aromatic hydroxyl groups is 1. The molecular formula is C27H38NO10P. The molecule has 0 spiro atoms. The Labute approximate surface area is 228 Å². The average Bonchev–Trinajstić information content (AvgIpc) is 3.28. The number of ether oxygens (including phenoxy) is 3. The molecule has 3 atom stereocenters. The van der Waals surface area contributed by atoms with Crippen molar-refractivity contribution in [3.63, 3.8) is 0 Å². The average molecular weight is 568 g/mol. The van der Waals surface area contributed by atoms with Gasteiger partial charge in [0.15, 0.2) is 5.28 Å². The largest absolute Gasteiger partial charge is 0.507 e. The van der Waals surface area contributed by atoms with Crippen LogP contribution in [-0.4, -0.2) is 60.4 Å². The van der Waals surface area contributed by atoms with Crippen molar-refractivity contribution in [2.24, 2.45) is 11.7 Å². The Kier molecular flexibility index (Phi) is 10.9. The Hall–Kier alpha value is -3.14. The van der Waals surface area contributed by atoms with Gasteiger partial charge in [-0.1, -0.05) is 23.8 Å². The first-order valence-corrected chi connectivity index (χ1v) is 14.3. The minimum Gasteiger partial charge on any atom is -0.507 e. The van der Waals surface area contributed by atoms with Crippen LogP contribution in [0.15, 0.2) is 23.8 Å². The normalized spacial score (nSPS) is 17.2. The van der Waals surface area contributed by atoms with Crippen molar-refractivity contribution in [2.45, 2.75) is 58.8 Å². The third kappa shape index (κ3) is 6.90. The van der Waals surface area contributed by atoms with Gasteiger partial charge in [0.1, 0.15) is 23.7 Å². The highest BCUT2D eigenvalue weighted by atomic mass is 31.2. The second-order valence-electron chi connectivity index (χ2n) is 9.52. The number of methoxy groups -OCH3 is 1. The van der Waals surface area contributed by atoms with Crippen molar-refractivity contribution in [1.82, 2.24) is 0 Å². The van der Waals surface area contributed by atoms with Crippen LogP contribution in [0.2, 0.25) is 0 Å². The van der Waals surface area contributed by atoms with Gasteiger partial charge in [-0.15, -0.1) is 0 Å². The molecule has 3 unspecified atom stereocenters. The first-order chi connectivity index (χ1) is 18.2. The standard InChI is InChI=1S/C27H38NO10P/c1-7-37-26(33)27(4,28)39(34,36-6)13-9-8-10-18(24(30)31)14-16(2)11-12-19-22(29)21-20(15-38-25(21)32)17(3)23(19)35-5/h8-9,11,18,29H,7,10,12-15,28H2,1-6H3,(H,30,31). The molecule has 1 heterocycles. The van der Waals surface area contributed by atoms with E-state index < -0.39 is 36.5 Å². The second-order valence-corrected chi connectivity index (χ2v) is 12.5. The monoisotopic (exact) mass is 567 g/mol. The van der Waals surface area contributed by atoms with E-state index in [2.05, 4.69) is 0 Å². The van der Waals surface area contributed by atoms with Gasteiger partial charge >= 0.3 is 17.9 Å². The van der Waals surface area contributed by atoms with E-state index in [4.69, 9.17) is 24.5 Å². The number of allylic oxidation sites excluding steroid dienone is 4. The summed E-state index contributed by atoms with van der Waals surface area (Å²) in [6.45, 7) is 6.60. The predicted octanol–water partition coefficient (Wildman–Crippen LogP) is 4.07. The molecule has 1 aromatic carbocycles. The molecule has 39 heavy (non-hydrogen) atoms. The fourth-order valence-corrected chi connectivity index (χ4v) is 6.07. The van der Waals surface area contributed by atoms with Crippen molar-refractivity contribution < 1.29 is 47.9 Å². The van der Waals surface area contributed by atoms with E-state index >= 15 is 0 Å². The van der Waals surface area contributed by atoms with E-state index in [1.807, 2.05) is 0 Å². The zero-order valence-corrected chi connectivity index (χ0v) is 24.1. The van der Waals surface area contributed by atoms with Gasteiger partial charge in [0.05, 0.1) is 19.6 Å². The van der Waals surface area contributed by atoms with Gasteiger partial charge in [-0.05, 0) is 52.5 Å². The predicted molar refractivity (Wildman–Crippen MR) is 144 cm³/mol. The Morgan fingerprint density at radius 3 is 2.51 bits per heavy atom. The first kappa shape index (κ1) is 32.1. The van der Waals surface area contributed by atoms with Gasteiger partial charge in [-0.2, -0.15) is 0 Å². The number of phenolic OH excluding ortho intramolecular Hbond substituents is 1. The molecule has 0 aromatic heterocycles. The number of phenols is 1. The lowest BCUT2D eigenvalue weighted by Crippen LogP contribution is -2.46. The Morgan fingerprint density at radius 1 is 1.28 bits per heavy atom. The van der Waals surface area contributed by atoms with Gasteiger partial charge in [0.2, 0.25) is 7.37 Å². The van der Waals surface area contributed by atoms with E-state index in [9.17, 15) is 29.2 Å². The molecule has 11 nitrogen and oxygen atoms in total. The Balaban J connectivity index is 2.14. The maximum absolute atomic E-state index is 13.2. The van der Waals surface area contributed by atoms with Crippen LogP contribution >= 0.6 is 7.37 Å². The van der Waals surface area contributed by atoms with E-state index in [1.54, 1.807) is 32.9 Å². The van der Waals surface area contributed by atoms with Crippen molar-refractivity contribution in [3.8, 4) is 11.5 Å². The SMILES string of the molecule is CCOC(=O)C(C)(N)P(=O)(CC=CCC(CC(C)=CCc1c(O)c2c(c(C)c1OC)COC2=O)C(=O)O)OC. The summed E-state index contributed by atoms with van der Waals surface area (Å²) in [6, 6.07) is 0. The number of esters is 2. The van der Waals surface area contributed by atoms with Crippen LogP contribution in [0.5, 0.6) is 11.5 Å². The van der Waals surface area contributed by atoms with Crippen molar-refractivity contribution in [3.05, 3.63) is 46.1 Å². The molecule has 2 rings (SSSR count). The van der Waals surface area contributed by atoms with Gasteiger partial charge in [0.25, 0.3) is 0 Å². The van der Waals surface area contributed by atoms with Crippen molar-refractivity contribution in [1.29, 1.82) is 0 Å². The molecule has 1 aliphatic heterocycles. The van der Waals surface area contributed by atoms with Crippen LogP contribution in [0.1, 0.15) is 60.7 Å². The van der Waals surface area contributed by atoms with E-state index in [-0.39, 0.29) is 50.0 Å². The number of aliphatic carboxylic acids is 1. The van der Waals surface area contributed by atoms with Crippen LogP contribution in [0.4, 0.5) is 0 Å². The molecule has 0 radical (unpaired) electrons. The zero-order chi connectivity index (χ0) is 29.5. The Bertz CT molecular complexity index is 1220. The number of hydrogen-bond donors (Lipinski definition) is 3. The van der Waals surface area contributed by atoms with Gasteiger partial charge in [-0.3, -0.25) is 9.36 Å². The molecule has 1 aliphatic rings. The number of hydrogen-bond acceptors (Lipinski definition) is 10. The molecular weight excluding hydrogens is 529 g/mol. The van der Waals surface area contributed by atoms with Gasteiger partial charge in [-0.25, -0.2) is 9.59 Å². The maximum atomic E-state index is 13.2. The van der Waals surface area contributed by atoms with E-state index in [1.165, 1.54) is 27.2 Å². The first-order valence-electron chi connectivity index (χ1n) is 12.5. The third-order valence-corrected chi connectivity index (χ3v) is 9.72. The van der Waals surface area contributed by atoms with Crippen LogP contribution in [0.25, 0.3) is 0 Å². The summed E-state index contributed by atoms with van der Waals surface area (Å²) >= 11 is 0. The lowest BCUT2D eigenvalue weighted by molar-refractivity contribution is -0.146. The fraction of sp³-hybridized carbons (Fsp3) is 0.519. The van der Waals surface area contributed by atoms with Crippen LogP contribution in [-0.2, 0) is 41.2 Å². The molecule has 12 heteroatoms. The molecule has 0 bridgehead atoms. The summed E-state index contributed by atoms with van der Waals surface area (Å²) in [5, 5.41) is 18.6. The van der Waals surface area contributed by atoms with Crippen LogP contribution in [0, 0.1) is 12.8 Å². The summed E-state index contributed by atoms with van der Waals surface area (Å²) in [4.78, 5) is 36.2. The topological polar surface area (TPSA) is 172 Å². The third-order valence-electron chi connectivity index (χ3n) is 6.84. The molecule has 4 N–H and O–H groups in total. The van der Waals surface area contributed by atoms with Crippen LogP contribution in [0.3, 0.4) is 0 Å². The number of carbonyl (C=O) groups is 3. The fourth-order valence-electron chi connectivity index (χ4n) is 4.39. The maximum Gasteiger partial charge on any atom is 0.342 e. The molecule has 0 saturated heterocycles. The number of fused-ring (bicyclic) bond motifs is 1. The summed E-state index contributed by atoms with van der Waals surface area (Å²) in [7, 11) is -1.01. The number of nitrogens with two attached hydrogens (primary N) is 1. The molecule has 0 fully saturated rings. The summed E-state index contributed by atoms with van der Waals surface area (Å²) in [5.74, 6) is -3.00. The molecule has 1 aromatic rings. The summed E-state index contributed by atoms with van der Waals surface area (Å²) in [5.41, 5.74) is 8.59. The quantitative estimate of drug-likeness (QED) is 0.168. The molecule has 0 amide bonds. The number of cyclic esters (lactones) is 1. The Morgan fingerprint density at radius 2 is 1.95 bits per heavy atom. The second kappa shape index (κ2) is 13.3. The smallest absolute Gasteiger partial charge is 0.342 e. The molecule has 0 aliphatic carbocycles. The minimum atomic E-state index is -3.68. The van der Waals surface area contributed by atoms with Gasteiger partial charge < -0.3 is 34.7 Å². The molecule has 216 valence electrons. The van der Waals surface area contributed by atoms with E-state index in [0.29, 0.717) is 22.4 Å². The minimum absolute atomic E-state index is 0.0695.